The molecule has 7 heteroatoms. The van der Waals surface area contributed by atoms with Gasteiger partial charge in [-0.25, -0.2) is 13.4 Å². The Morgan fingerprint density at radius 1 is 1.35 bits per heavy atom. The number of hydrogen-bond donors (Lipinski definition) is 3. The van der Waals surface area contributed by atoms with Gasteiger partial charge in [-0.1, -0.05) is 0 Å². The number of pyridine rings is 1. The predicted molar refractivity (Wildman–Crippen MR) is 93.0 cm³/mol. The molecule has 1 aliphatic rings. The van der Waals surface area contributed by atoms with Crippen LogP contribution in [-0.2, 0) is 9.84 Å². The number of rotatable bonds is 6. The first-order valence-electron chi connectivity index (χ1n) is 8.15. The summed E-state index contributed by atoms with van der Waals surface area (Å²) in [5.41, 5.74) is 7.25. The third-order valence-corrected chi connectivity index (χ3v) is 6.70. The molecule has 0 aromatic carbocycles. The summed E-state index contributed by atoms with van der Waals surface area (Å²) in [5, 5.41) is 3.43. The van der Waals surface area contributed by atoms with Crippen LogP contribution < -0.4 is 16.2 Å². The minimum absolute atomic E-state index is 0.132. The molecule has 3 N–H and O–H groups in total. The molecule has 23 heavy (non-hydrogen) atoms. The highest BCUT2D eigenvalue weighted by Crippen LogP contribution is 2.23. The van der Waals surface area contributed by atoms with Crippen molar-refractivity contribution in [3.63, 3.8) is 0 Å². The van der Waals surface area contributed by atoms with Crippen molar-refractivity contribution in [3.05, 3.63) is 18.3 Å². The van der Waals surface area contributed by atoms with Crippen LogP contribution in [0.3, 0.4) is 0 Å². The maximum absolute atomic E-state index is 12.3. The first-order valence-corrected chi connectivity index (χ1v) is 9.63. The fraction of sp³-hybridized carbons (Fsp3) is 0.688. The van der Waals surface area contributed by atoms with E-state index in [2.05, 4.69) is 28.1 Å². The van der Waals surface area contributed by atoms with Gasteiger partial charge in [0, 0.05) is 19.1 Å². The monoisotopic (exact) mass is 340 g/mol. The highest BCUT2D eigenvalue weighted by atomic mass is 32.2. The van der Waals surface area contributed by atoms with Gasteiger partial charge in [0.05, 0.1) is 16.6 Å². The minimum atomic E-state index is -3.39. The van der Waals surface area contributed by atoms with Gasteiger partial charge in [0.15, 0.2) is 14.9 Å². The van der Waals surface area contributed by atoms with E-state index >= 15 is 0 Å². The molecule has 1 fully saturated rings. The van der Waals surface area contributed by atoms with Crippen molar-refractivity contribution >= 4 is 15.5 Å². The Hall–Kier alpha value is -1.18. The zero-order valence-electron chi connectivity index (χ0n) is 14.4. The molecule has 0 saturated carbocycles. The molecule has 0 radical (unpaired) electrons. The third kappa shape index (κ3) is 4.43. The van der Waals surface area contributed by atoms with E-state index in [1.165, 1.54) is 0 Å². The lowest BCUT2D eigenvalue weighted by molar-refractivity contribution is 0.452. The number of sulfone groups is 1. The van der Waals surface area contributed by atoms with Gasteiger partial charge in [0.25, 0.3) is 0 Å². The Morgan fingerprint density at radius 3 is 2.61 bits per heavy atom. The lowest BCUT2D eigenvalue weighted by Gasteiger charge is -2.18. The third-order valence-electron chi connectivity index (χ3n) is 4.30. The Bertz CT molecular complexity index is 608. The molecule has 2 atom stereocenters. The summed E-state index contributed by atoms with van der Waals surface area (Å²) in [6.07, 6.45) is 3.82. The van der Waals surface area contributed by atoms with Crippen LogP contribution in [0.5, 0.6) is 0 Å². The molecule has 1 aromatic rings. The zero-order valence-corrected chi connectivity index (χ0v) is 15.2. The first-order chi connectivity index (χ1) is 10.7. The van der Waals surface area contributed by atoms with Crippen LogP contribution in [-0.4, -0.2) is 37.3 Å². The average molecular weight is 340 g/mol. The quantitative estimate of drug-likeness (QED) is 0.687. The highest BCUT2D eigenvalue weighted by Gasteiger charge is 2.31. The van der Waals surface area contributed by atoms with Gasteiger partial charge in [-0.2, -0.15) is 0 Å². The lowest BCUT2D eigenvalue weighted by Crippen LogP contribution is -2.28. The smallest absolute Gasteiger partial charge is 0.200 e. The number of aromatic nitrogens is 1. The fourth-order valence-electron chi connectivity index (χ4n) is 2.55. The maximum Gasteiger partial charge on any atom is 0.200 e. The topological polar surface area (TPSA) is 83.1 Å². The van der Waals surface area contributed by atoms with Crippen LogP contribution in [0.2, 0.25) is 0 Å². The molecule has 2 rings (SSSR count). The number of anilines is 1. The normalized spacial score (nSPS) is 22.3. The first kappa shape index (κ1) is 18.2. The van der Waals surface area contributed by atoms with Crippen LogP contribution in [0.4, 0.5) is 5.69 Å². The van der Waals surface area contributed by atoms with Crippen LogP contribution in [0.15, 0.2) is 23.4 Å². The Kier molecular flexibility index (Phi) is 5.65. The molecule has 0 amide bonds. The van der Waals surface area contributed by atoms with Crippen LogP contribution in [0.25, 0.3) is 0 Å². The van der Waals surface area contributed by atoms with Gasteiger partial charge in [0.2, 0.25) is 0 Å². The van der Waals surface area contributed by atoms with Crippen molar-refractivity contribution in [1.82, 2.24) is 15.8 Å². The average Bonchev–Trinajstić information content (AvgIpc) is 2.88. The second-order valence-electron chi connectivity index (χ2n) is 7.14. The van der Waals surface area contributed by atoms with Crippen LogP contribution in [0.1, 0.15) is 40.5 Å². The molecule has 0 aliphatic carbocycles. The Balaban J connectivity index is 1.84. The lowest BCUT2D eigenvalue weighted by atomic mass is 9.98. The molecule has 1 aliphatic heterocycles. The van der Waals surface area contributed by atoms with E-state index in [-0.39, 0.29) is 5.03 Å². The van der Waals surface area contributed by atoms with Crippen molar-refractivity contribution in [2.24, 2.45) is 5.92 Å². The highest BCUT2D eigenvalue weighted by molar-refractivity contribution is 7.92. The van der Waals surface area contributed by atoms with Gasteiger partial charge < -0.3 is 5.32 Å². The summed E-state index contributed by atoms with van der Waals surface area (Å²) in [7, 11) is -3.39. The van der Waals surface area contributed by atoms with Gasteiger partial charge in [-0.05, 0) is 58.6 Å². The van der Waals surface area contributed by atoms with Gasteiger partial charge in [-0.3, -0.25) is 10.9 Å². The molecular formula is C16H28N4O2S. The molecule has 6 nitrogen and oxygen atoms in total. The van der Waals surface area contributed by atoms with Crippen molar-refractivity contribution in [3.8, 4) is 0 Å². The summed E-state index contributed by atoms with van der Waals surface area (Å²) < 4.78 is 23.8. The second kappa shape index (κ2) is 7.15. The number of hydrazine groups is 1. The van der Waals surface area contributed by atoms with E-state index in [0.29, 0.717) is 12.0 Å². The van der Waals surface area contributed by atoms with Crippen LogP contribution in [0, 0.1) is 5.92 Å². The standard InChI is InChI=1S/C16H28N4O2S/c1-12-13(10-19-20-12)6-5-9-17-14-7-8-15(18-11-14)23(21,22)16(2,3)4/h7-8,11-13,17,19-20H,5-6,9-10H2,1-4H3. The van der Waals surface area contributed by atoms with E-state index in [4.69, 9.17) is 0 Å². The van der Waals surface area contributed by atoms with E-state index in [9.17, 15) is 8.42 Å². The molecule has 0 bridgehead atoms. The van der Waals surface area contributed by atoms with Gasteiger partial charge >= 0.3 is 0 Å². The molecular weight excluding hydrogens is 312 g/mol. The SMILES string of the molecule is CC1NNCC1CCCNc1ccc(S(=O)(=O)C(C)(C)C)nc1. The number of nitrogens with zero attached hydrogens (tertiary/aromatic N) is 1. The molecule has 0 spiro atoms. The van der Waals surface area contributed by atoms with Crippen molar-refractivity contribution in [1.29, 1.82) is 0 Å². The van der Waals surface area contributed by atoms with Crippen LogP contribution >= 0.6 is 0 Å². The van der Waals surface area contributed by atoms with Crippen molar-refractivity contribution in [2.45, 2.75) is 56.4 Å². The number of nitrogens with one attached hydrogen (secondary N) is 3. The molecule has 1 aromatic heterocycles. The molecule has 2 unspecified atom stereocenters. The van der Waals surface area contributed by atoms with Crippen molar-refractivity contribution < 1.29 is 8.42 Å². The van der Waals surface area contributed by atoms with Crippen molar-refractivity contribution in [2.75, 3.05) is 18.4 Å². The Morgan fingerprint density at radius 2 is 2.09 bits per heavy atom. The molecule has 1 saturated heterocycles. The summed E-state index contributed by atoms with van der Waals surface area (Å²) >= 11 is 0. The van der Waals surface area contributed by atoms with E-state index in [0.717, 1.165) is 31.6 Å². The predicted octanol–water partition coefficient (Wildman–Crippen LogP) is 1.96. The fourth-order valence-corrected chi connectivity index (χ4v) is 3.62. The number of hydrogen-bond acceptors (Lipinski definition) is 6. The van der Waals surface area contributed by atoms with Gasteiger partial charge in [0.1, 0.15) is 0 Å². The maximum atomic E-state index is 12.3. The largest absolute Gasteiger partial charge is 0.384 e. The zero-order chi connectivity index (χ0) is 17.1. The Labute approximate surface area is 139 Å². The van der Waals surface area contributed by atoms with Gasteiger partial charge in [-0.15, -0.1) is 0 Å². The van der Waals surface area contributed by atoms with E-state index < -0.39 is 14.6 Å². The summed E-state index contributed by atoms with van der Waals surface area (Å²) in [6.45, 7) is 9.12. The summed E-state index contributed by atoms with van der Waals surface area (Å²) in [4.78, 5) is 4.11. The second-order valence-corrected chi connectivity index (χ2v) is 9.79. The molecule has 2 heterocycles. The summed E-state index contributed by atoms with van der Waals surface area (Å²) in [5.74, 6) is 0.661. The van der Waals surface area contributed by atoms with E-state index in [1.807, 2.05) is 0 Å². The van der Waals surface area contributed by atoms with E-state index in [1.54, 1.807) is 39.1 Å². The summed E-state index contributed by atoms with van der Waals surface area (Å²) in [6, 6.07) is 3.88. The minimum Gasteiger partial charge on any atom is -0.384 e. The molecule has 130 valence electrons.